The summed E-state index contributed by atoms with van der Waals surface area (Å²) in [5.74, 6) is 1.69. The van der Waals surface area contributed by atoms with Crippen molar-refractivity contribution in [2.75, 3.05) is 14.2 Å². The molecule has 0 aliphatic rings. The van der Waals surface area contributed by atoms with Crippen LogP contribution in [0.15, 0.2) is 77.3 Å². The van der Waals surface area contributed by atoms with Crippen LogP contribution in [0, 0.1) is 0 Å². The van der Waals surface area contributed by atoms with Crippen molar-refractivity contribution in [2.45, 2.75) is 5.33 Å². The Balaban J connectivity index is 2.11. The van der Waals surface area contributed by atoms with Crippen molar-refractivity contribution in [1.82, 2.24) is 0 Å². The molecule has 0 aliphatic carbocycles. The standard InChI is InChI=1S/C25H20Br2O2/c1-28-18-10-8-17(9-11-18)24-20-13-12-19(29-2)14-21(20)23(22(15-26)25(24)27)16-6-4-3-5-7-16/h3-14H,15H2,1-2H3. The summed E-state index contributed by atoms with van der Waals surface area (Å²) in [6.45, 7) is 0. The Morgan fingerprint density at radius 3 is 1.93 bits per heavy atom. The summed E-state index contributed by atoms with van der Waals surface area (Å²) >= 11 is 7.65. The van der Waals surface area contributed by atoms with Crippen molar-refractivity contribution in [2.24, 2.45) is 0 Å². The predicted octanol–water partition coefficient (Wildman–Crippen LogP) is 7.85. The van der Waals surface area contributed by atoms with Gasteiger partial charge in [-0.3, -0.25) is 0 Å². The van der Waals surface area contributed by atoms with Gasteiger partial charge in [-0.1, -0.05) is 64.5 Å². The molecule has 0 unspecified atom stereocenters. The molecule has 0 N–H and O–H groups in total. The van der Waals surface area contributed by atoms with E-state index in [2.05, 4.69) is 80.4 Å². The van der Waals surface area contributed by atoms with E-state index in [0.29, 0.717) is 0 Å². The van der Waals surface area contributed by atoms with E-state index in [-0.39, 0.29) is 0 Å². The molecule has 0 aliphatic heterocycles. The molecule has 0 spiro atoms. The highest BCUT2D eigenvalue weighted by Gasteiger charge is 2.20. The van der Waals surface area contributed by atoms with E-state index in [1.807, 2.05) is 24.3 Å². The third-order valence-corrected chi connectivity index (χ3v) is 6.56. The summed E-state index contributed by atoms with van der Waals surface area (Å²) in [4.78, 5) is 0. The Hall–Kier alpha value is -2.30. The normalized spacial score (nSPS) is 10.9. The average molecular weight is 512 g/mol. The van der Waals surface area contributed by atoms with Crippen LogP contribution in [0.5, 0.6) is 11.5 Å². The number of alkyl halides is 1. The van der Waals surface area contributed by atoms with Gasteiger partial charge in [0.25, 0.3) is 0 Å². The summed E-state index contributed by atoms with van der Waals surface area (Å²) in [5.41, 5.74) is 5.90. The molecule has 4 aromatic carbocycles. The van der Waals surface area contributed by atoms with Crippen molar-refractivity contribution in [3.8, 4) is 33.8 Å². The number of fused-ring (bicyclic) bond motifs is 1. The fourth-order valence-electron chi connectivity index (χ4n) is 3.72. The van der Waals surface area contributed by atoms with E-state index in [0.717, 1.165) is 26.9 Å². The summed E-state index contributed by atoms with van der Waals surface area (Å²) < 4.78 is 12.0. The number of benzene rings is 4. The molecule has 0 bridgehead atoms. The van der Waals surface area contributed by atoms with Gasteiger partial charge in [0.05, 0.1) is 14.2 Å². The first-order valence-corrected chi connectivity index (χ1v) is 11.2. The van der Waals surface area contributed by atoms with Gasteiger partial charge in [-0.2, -0.15) is 0 Å². The first-order valence-electron chi connectivity index (χ1n) is 9.25. The van der Waals surface area contributed by atoms with Crippen LogP contribution in [0.2, 0.25) is 0 Å². The maximum atomic E-state index is 5.55. The fourth-order valence-corrected chi connectivity index (χ4v) is 5.43. The second-order valence-corrected chi connectivity index (χ2v) is 8.04. The van der Waals surface area contributed by atoms with E-state index >= 15 is 0 Å². The summed E-state index contributed by atoms with van der Waals surface area (Å²) in [5, 5.41) is 3.07. The van der Waals surface area contributed by atoms with Gasteiger partial charge in [0.2, 0.25) is 0 Å². The third-order valence-electron chi connectivity index (χ3n) is 5.13. The second kappa shape index (κ2) is 8.60. The van der Waals surface area contributed by atoms with Crippen LogP contribution in [0.25, 0.3) is 33.0 Å². The molecule has 0 amide bonds. The number of ether oxygens (including phenoxy) is 2. The minimum absolute atomic E-state index is 0.730. The molecule has 0 fully saturated rings. The van der Waals surface area contributed by atoms with Crippen molar-refractivity contribution < 1.29 is 9.47 Å². The number of rotatable bonds is 5. The highest BCUT2D eigenvalue weighted by Crippen LogP contribution is 2.46. The molecule has 0 radical (unpaired) electrons. The first-order chi connectivity index (χ1) is 14.2. The maximum Gasteiger partial charge on any atom is 0.119 e. The van der Waals surface area contributed by atoms with Gasteiger partial charge in [0, 0.05) is 15.4 Å². The van der Waals surface area contributed by atoms with Crippen molar-refractivity contribution >= 4 is 42.6 Å². The van der Waals surface area contributed by atoms with Crippen LogP contribution in [-0.2, 0) is 5.33 Å². The van der Waals surface area contributed by atoms with Crippen LogP contribution < -0.4 is 9.47 Å². The molecule has 146 valence electrons. The lowest BCUT2D eigenvalue weighted by molar-refractivity contribution is 0.415. The van der Waals surface area contributed by atoms with Crippen LogP contribution in [-0.4, -0.2) is 14.2 Å². The molecular weight excluding hydrogens is 492 g/mol. The predicted molar refractivity (Wildman–Crippen MR) is 128 cm³/mol. The largest absolute Gasteiger partial charge is 0.497 e. The zero-order valence-corrected chi connectivity index (χ0v) is 19.4. The van der Waals surface area contributed by atoms with Crippen LogP contribution in [0.1, 0.15) is 5.56 Å². The number of halogens is 2. The van der Waals surface area contributed by atoms with Crippen molar-refractivity contribution in [3.05, 3.63) is 82.8 Å². The van der Waals surface area contributed by atoms with E-state index in [9.17, 15) is 0 Å². The molecule has 0 atom stereocenters. The lowest BCUT2D eigenvalue weighted by Gasteiger charge is -2.20. The molecule has 0 heterocycles. The van der Waals surface area contributed by atoms with Gasteiger partial charge in [-0.15, -0.1) is 0 Å². The van der Waals surface area contributed by atoms with Gasteiger partial charge in [0.15, 0.2) is 0 Å². The highest BCUT2D eigenvalue weighted by molar-refractivity contribution is 9.11. The minimum atomic E-state index is 0.730. The monoisotopic (exact) mass is 510 g/mol. The zero-order valence-electron chi connectivity index (χ0n) is 16.2. The molecule has 0 aromatic heterocycles. The van der Waals surface area contributed by atoms with Crippen LogP contribution in [0.3, 0.4) is 0 Å². The fraction of sp³-hybridized carbons (Fsp3) is 0.120. The lowest BCUT2D eigenvalue weighted by atomic mass is 9.88. The van der Waals surface area contributed by atoms with Crippen molar-refractivity contribution in [1.29, 1.82) is 0 Å². The SMILES string of the molecule is COc1ccc(-c2c(Br)c(CBr)c(-c3ccccc3)c3cc(OC)ccc23)cc1. The zero-order chi connectivity index (χ0) is 20.4. The molecule has 4 rings (SSSR count). The third kappa shape index (κ3) is 3.67. The van der Waals surface area contributed by atoms with Gasteiger partial charge < -0.3 is 9.47 Å². The molecule has 29 heavy (non-hydrogen) atoms. The Bertz CT molecular complexity index is 1150. The van der Waals surface area contributed by atoms with Gasteiger partial charge in [-0.25, -0.2) is 0 Å². The number of hydrogen-bond donors (Lipinski definition) is 0. The average Bonchev–Trinajstić information content (AvgIpc) is 2.78. The molecule has 0 saturated carbocycles. The van der Waals surface area contributed by atoms with E-state index < -0.39 is 0 Å². The molecule has 0 saturated heterocycles. The maximum absolute atomic E-state index is 5.55. The van der Waals surface area contributed by atoms with Crippen LogP contribution >= 0.6 is 31.9 Å². The summed E-state index contributed by atoms with van der Waals surface area (Å²) in [7, 11) is 3.39. The number of methoxy groups -OCH3 is 2. The van der Waals surface area contributed by atoms with Crippen LogP contribution in [0.4, 0.5) is 0 Å². The minimum Gasteiger partial charge on any atom is -0.497 e. The highest BCUT2D eigenvalue weighted by atomic mass is 79.9. The summed E-state index contributed by atoms with van der Waals surface area (Å²) in [6.07, 6.45) is 0. The van der Waals surface area contributed by atoms with Gasteiger partial charge in [0.1, 0.15) is 11.5 Å². The Morgan fingerprint density at radius 1 is 0.690 bits per heavy atom. The Morgan fingerprint density at radius 2 is 1.31 bits per heavy atom. The Labute approximate surface area is 187 Å². The van der Waals surface area contributed by atoms with Gasteiger partial charge in [-0.05, 0) is 73.2 Å². The molecule has 4 aromatic rings. The van der Waals surface area contributed by atoms with E-state index in [1.54, 1.807) is 14.2 Å². The van der Waals surface area contributed by atoms with E-state index in [4.69, 9.17) is 9.47 Å². The van der Waals surface area contributed by atoms with E-state index in [1.165, 1.54) is 33.0 Å². The molecule has 4 heteroatoms. The smallest absolute Gasteiger partial charge is 0.119 e. The molecular formula is C25H20Br2O2. The lowest BCUT2D eigenvalue weighted by Crippen LogP contribution is -1.96. The van der Waals surface area contributed by atoms with Gasteiger partial charge >= 0.3 is 0 Å². The summed E-state index contributed by atoms with van der Waals surface area (Å²) in [6, 6.07) is 25.0. The first kappa shape index (κ1) is 20.0. The molecule has 2 nitrogen and oxygen atoms in total. The number of hydrogen-bond acceptors (Lipinski definition) is 2. The topological polar surface area (TPSA) is 18.5 Å². The second-order valence-electron chi connectivity index (χ2n) is 6.68. The Kier molecular flexibility index (Phi) is 5.93. The quantitative estimate of drug-likeness (QED) is 0.254. The van der Waals surface area contributed by atoms with Crippen molar-refractivity contribution in [3.63, 3.8) is 0 Å².